The Morgan fingerprint density at radius 1 is 1.38 bits per heavy atom. The summed E-state index contributed by atoms with van der Waals surface area (Å²) in [5.74, 6) is 2.64. The molecule has 0 amide bonds. The van der Waals surface area contributed by atoms with Crippen LogP contribution in [0.3, 0.4) is 0 Å². The summed E-state index contributed by atoms with van der Waals surface area (Å²) in [6.45, 7) is 8.96. The maximum atomic E-state index is 10.5. The highest BCUT2D eigenvalue weighted by Crippen LogP contribution is 2.49. The lowest BCUT2D eigenvalue weighted by atomic mass is 9.58. The summed E-state index contributed by atoms with van der Waals surface area (Å²) in [4.78, 5) is 0. The summed E-state index contributed by atoms with van der Waals surface area (Å²) < 4.78 is 0. The van der Waals surface area contributed by atoms with E-state index in [9.17, 15) is 5.11 Å². The molecule has 0 aromatic rings. The topological polar surface area (TPSA) is 20.2 Å². The standard InChI is InChI=1S/C15H26O/c1-10(2)12-7-8-15(4,16)14-6-5-11(3)9-13(12)14/h9-10,12-14,16H,5-8H2,1-4H3/t12?,13?,14?,15-/m1/s1. The summed E-state index contributed by atoms with van der Waals surface area (Å²) in [6.07, 6.45) is 7.01. The molecule has 0 aromatic heterocycles. The maximum absolute atomic E-state index is 10.5. The first-order valence-electron chi connectivity index (χ1n) is 6.81. The van der Waals surface area contributed by atoms with E-state index in [1.165, 1.54) is 24.8 Å². The number of allylic oxidation sites excluding steroid dienone is 2. The SMILES string of the molecule is CC1=CC2C(C(C)C)CC[C@@](C)(O)C2CC1. The van der Waals surface area contributed by atoms with Gasteiger partial charge in [0.05, 0.1) is 5.60 Å². The van der Waals surface area contributed by atoms with Crippen LogP contribution in [-0.2, 0) is 0 Å². The first kappa shape index (κ1) is 12.2. The molecule has 2 aliphatic rings. The zero-order chi connectivity index (χ0) is 11.9. The molecule has 1 heteroatoms. The molecular formula is C15H26O. The summed E-state index contributed by atoms with van der Waals surface area (Å²) in [7, 11) is 0. The van der Waals surface area contributed by atoms with E-state index in [1.807, 2.05) is 0 Å². The monoisotopic (exact) mass is 222 g/mol. The summed E-state index contributed by atoms with van der Waals surface area (Å²) in [5.41, 5.74) is 1.11. The van der Waals surface area contributed by atoms with E-state index in [4.69, 9.17) is 0 Å². The molecule has 92 valence electrons. The number of hydrogen-bond donors (Lipinski definition) is 1. The Balaban J connectivity index is 2.27. The normalized spacial score (nSPS) is 44.1. The Bertz CT molecular complexity index is 288. The summed E-state index contributed by atoms with van der Waals surface area (Å²) in [6, 6.07) is 0. The van der Waals surface area contributed by atoms with E-state index in [1.54, 1.807) is 0 Å². The minimum Gasteiger partial charge on any atom is -0.390 e. The molecule has 2 aliphatic carbocycles. The minimum atomic E-state index is -0.423. The van der Waals surface area contributed by atoms with Crippen molar-refractivity contribution < 1.29 is 5.11 Å². The molecule has 16 heavy (non-hydrogen) atoms. The Morgan fingerprint density at radius 2 is 2.06 bits per heavy atom. The quantitative estimate of drug-likeness (QED) is 0.669. The summed E-state index contributed by atoms with van der Waals surface area (Å²) in [5, 5.41) is 10.5. The molecule has 2 rings (SSSR count). The van der Waals surface area contributed by atoms with Gasteiger partial charge in [-0.1, -0.05) is 25.5 Å². The van der Waals surface area contributed by atoms with E-state index in [0.29, 0.717) is 11.8 Å². The number of fused-ring (bicyclic) bond motifs is 1. The van der Waals surface area contributed by atoms with Gasteiger partial charge in [-0.15, -0.1) is 0 Å². The lowest BCUT2D eigenvalue weighted by molar-refractivity contribution is -0.0807. The van der Waals surface area contributed by atoms with Crippen molar-refractivity contribution in [2.75, 3.05) is 0 Å². The molecule has 0 saturated heterocycles. The zero-order valence-electron chi connectivity index (χ0n) is 11.2. The van der Waals surface area contributed by atoms with Crippen molar-refractivity contribution in [1.29, 1.82) is 0 Å². The van der Waals surface area contributed by atoms with Crippen LogP contribution in [0, 0.1) is 23.7 Å². The van der Waals surface area contributed by atoms with Crippen LogP contribution in [0.4, 0.5) is 0 Å². The van der Waals surface area contributed by atoms with Gasteiger partial charge < -0.3 is 5.11 Å². The van der Waals surface area contributed by atoms with E-state index in [2.05, 4.69) is 33.8 Å². The lowest BCUT2D eigenvalue weighted by Gasteiger charge is -2.49. The van der Waals surface area contributed by atoms with Crippen LogP contribution in [0.25, 0.3) is 0 Å². The second kappa shape index (κ2) is 4.18. The fraction of sp³-hybridized carbons (Fsp3) is 0.867. The van der Waals surface area contributed by atoms with Gasteiger partial charge in [-0.25, -0.2) is 0 Å². The molecule has 4 atom stereocenters. The van der Waals surface area contributed by atoms with Gasteiger partial charge in [-0.05, 0) is 63.2 Å². The van der Waals surface area contributed by atoms with Crippen molar-refractivity contribution in [2.24, 2.45) is 23.7 Å². The zero-order valence-corrected chi connectivity index (χ0v) is 11.2. The highest BCUT2D eigenvalue weighted by atomic mass is 16.3. The van der Waals surface area contributed by atoms with Gasteiger partial charge in [0, 0.05) is 0 Å². The van der Waals surface area contributed by atoms with E-state index in [0.717, 1.165) is 18.3 Å². The van der Waals surface area contributed by atoms with Gasteiger partial charge >= 0.3 is 0 Å². The third kappa shape index (κ3) is 2.07. The molecule has 1 fully saturated rings. The van der Waals surface area contributed by atoms with Crippen molar-refractivity contribution in [3.8, 4) is 0 Å². The van der Waals surface area contributed by atoms with Crippen LogP contribution in [0.2, 0.25) is 0 Å². The van der Waals surface area contributed by atoms with E-state index >= 15 is 0 Å². The molecule has 0 aromatic carbocycles. The largest absolute Gasteiger partial charge is 0.390 e. The van der Waals surface area contributed by atoms with Gasteiger partial charge in [0.25, 0.3) is 0 Å². The van der Waals surface area contributed by atoms with Crippen molar-refractivity contribution in [3.63, 3.8) is 0 Å². The van der Waals surface area contributed by atoms with Crippen LogP contribution >= 0.6 is 0 Å². The first-order chi connectivity index (χ1) is 7.42. The van der Waals surface area contributed by atoms with Crippen LogP contribution in [0.1, 0.15) is 53.4 Å². The van der Waals surface area contributed by atoms with Crippen LogP contribution in [0.5, 0.6) is 0 Å². The van der Waals surface area contributed by atoms with Crippen molar-refractivity contribution in [1.82, 2.24) is 0 Å². The second-order valence-electron chi connectivity index (χ2n) is 6.54. The van der Waals surface area contributed by atoms with E-state index < -0.39 is 5.60 Å². The highest BCUT2D eigenvalue weighted by Gasteiger charge is 2.46. The minimum absolute atomic E-state index is 0.423. The third-order valence-corrected chi connectivity index (χ3v) is 4.92. The molecule has 0 aliphatic heterocycles. The van der Waals surface area contributed by atoms with Gasteiger partial charge in [0.15, 0.2) is 0 Å². The number of rotatable bonds is 1. The fourth-order valence-corrected chi connectivity index (χ4v) is 3.87. The second-order valence-corrected chi connectivity index (χ2v) is 6.54. The summed E-state index contributed by atoms with van der Waals surface area (Å²) >= 11 is 0. The van der Waals surface area contributed by atoms with Crippen molar-refractivity contribution >= 4 is 0 Å². The predicted molar refractivity (Wildman–Crippen MR) is 68.2 cm³/mol. The molecule has 1 N–H and O–H groups in total. The fourth-order valence-electron chi connectivity index (χ4n) is 3.87. The molecule has 0 bridgehead atoms. The molecule has 0 spiro atoms. The molecule has 0 radical (unpaired) electrons. The average Bonchev–Trinajstić information content (AvgIpc) is 2.16. The van der Waals surface area contributed by atoms with Gasteiger partial charge in [0.2, 0.25) is 0 Å². The van der Waals surface area contributed by atoms with Gasteiger partial charge in [-0.2, -0.15) is 0 Å². The van der Waals surface area contributed by atoms with Crippen molar-refractivity contribution in [2.45, 2.75) is 59.0 Å². The van der Waals surface area contributed by atoms with Crippen LogP contribution in [0.15, 0.2) is 11.6 Å². The Kier molecular flexibility index (Phi) is 3.18. The first-order valence-corrected chi connectivity index (χ1v) is 6.81. The molecule has 0 heterocycles. The van der Waals surface area contributed by atoms with E-state index in [-0.39, 0.29) is 0 Å². The number of aliphatic hydroxyl groups is 1. The molecule has 1 nitrogen and oxygen atoms in total. The predicted octanol–water partition coefficient (Wildman–Crippen LogP) is 3.78. The Labute approximate surface area is 99.9 Å². The lowest BCUT2D eigenvalue weighted by Crippen LogP contribution is -2.48. The van der Waals surface area contributed by atoms with Crippen molar-refractivity contribution in [3.05, 3.63) is 11.6 Å². The number of hydrogen-bond acceptors (Lipinski definition) is 1. The maximum Gasteiger partial charge on any atom is 0.0653 e. The third-order valence-electron chi connectivity index (χ3n) is 4.92. The van der Waals surface area contributed by atoms with Crippen LogP contribution in [-0.4, -0.2) is 10.7 Å². The van der Waals surface area contributed by atoms with Gasteiger partial charge in [-0.3, -0.25) is 0 Å². The molecule has 1 saturated carbocycles. The average molecular weight is 222 g/mol. The van der Waals surface area contributed by atoms with Crippen LogP contribution < -0.4 is 0 Å². The Hall–Kier alpha value is -0.300. The Morgan fingerprint density at radius 3 is 2.69 bits per heavy atom. The smallest absolute Gasteiger partial charge is 0.0653 e. The molecular weight excluding hydrogens is 196 g/mol. The van der Waals surface area contributed by atoms with Gasteiger partial charge in [0.1, 0.15) is 0 Å². The molecule has 3 unspecified atom stereocenters. The highest BCUT2D eigenvalue weighted by molar-refractivity contribution is 5.13.